The Morgan fingerprint density at radius 1 is 1.27 bits per heavy atom. The Kier molecular flexibility index (Phi) is 3.04. The highest BCUT2D eigenvalue weighted by Crippen LogP contribution is 2.13. The molecule has 1 heterocycles. The van der Waals surface area contributed by atoms with Crippen LogP contribution in [0.25, 0.3) is 0 Å². The van der Waals surface area contributed by atoms with Crippen molar-refractivity contribution in [1.29, 1.82) is 0 Å². The fraction of sp³-hybridized carbons (Fsp3) is 0.273. The van der Waals surface area contributed by atoms with Crippen molar-refractivity contribution >= 4 is 22.6 Å². The molecule has 0 fully saturated rings. The molecule has 0 amide bonds. The Labute approximate surface area is 102 Å². The van der Waals surface area contributed by atoms with Crippen LogP contribution in [0.5, 0.6) is 0 Å². The van der Waals surface area contributed by atoms with Crippen molar-refractivity contribution < 1.29 is 4.52 Å². The Hall–Kier alpha value is -0.910. The van der Waals surface area contributed by atoms with Crippen molar-refractivity contribution in [3.8, 4) is 0 Å². The van der Waals surface area contributed by atoms with Crippen molar-refractivity contribution in [2.75, 3.05) is 0 Å². The summed E-state index contributed by atoms with van der Waals surface area (Å²) in [5.74, 6) is 0.669. The summed E-state index contributed by atoms with van der Waals surface area (Å²) in [6.45, 7) is 4.21. The van der Waals surface area contributed by atoms with Crippen molar-refractivity contribution in [2.24, 2.45) is 0 Å². The highest BCUT2D eigenvalue weighted by molar-refractivity contribution is 14.1. The smallest absolute Gasteiger partial charge is 0.232 e. The summed E-state index contributed by atoms with van der Waals surface area (Å²) in [5.41, 5.74) is 3.80. The van der Waals surface area contributed by atoms with E-state index in [0.29, 0.717) is 16.1 Å². The zero-order valence-electron chi connectivity index (χ0n) is 8.62. The second kappa shape index (κ2) is 4.30. The normalized spacial score (nSPS) is 10.6. The molecule has 0 aliphatic carbocycles. The average Bonchev–Trinajstić information content (AvgIpc) is 2.58. The van der Waals surface area contributed by atoms with E-state index < -0.39 is 0 Å². The van der Waals surface area contributed by atoms with Gasteiger partial charge in [0.05, 0.1) is 6.42 Å². The Morgan fingerprint density at radius 2 is 2.07 bits per heavy atom. The van der Waals surface area contributed by atoms with Crippen LogP contribution >= 0.6 is 22.6 Å². The number of nitrogens with zero attached hydrogens (tertiary/aromatic N) is 2. The highest BCUT2D eigenvalue weighted by atomic mass is 127. The van der Waals surface area contributed by atoms with Gasteiger partial charge in [-0.2, -0.15) is 4.98 Å². The topological polar surface area (TPSA) is 38.9 Å². The summed E-state index contributed by atoms with van der Waals surface area (Å²) < 4.78 is 5.73. The molecule has 0 N–H and O–H groups in total. The quantitative estimate of drug-likeness (QED) is 0.800. The molecule has 2 aromatic rings. The molecule has 0 spiro atoms. The molecule has 1 aromatic carbocycles. The van der Waals surface area contributed by atoms with E-state index in [9.17, 15) is 0 Å². The molecular formula is C11H11IN2O. The number of hydrogen-bond acceptors (Lipinski definition) is 3. The van der Waals surface area contributed by atoms with E-state index in [-0.39, 0.29) is 0 Å². The van der Waals surface area contributed by atoms with Crippen LogP contribution in [0.15, 0.2) is 22.7 Å². The van der Waals surface area contributed by atoms with E-state index in [0.717, 1.165) is 0 Å². The SMILES string of the molecule is Cc1ccc(Cc2nc(I)no2)cc1C. The van der Waals surface area contributed by atoms with Gasteiger partial charge in [0.25, 0.3) is 0 Å². The van der Waals surface area contributed by atoms with E-state index in [1.807, 2.05) is 22.6 Å². The summed E-state index contributed by atoms with van der Waals surface area (Å²) >= 11 is 2.04. The number of hydrogen-bond donors (Lipinski definition) is 0. The van der Waals surface area contributed by atoms with Crippen LogP contribution in [0.1, 0.15) is 22.6 Å². The monoisotopic (exact) mass is 314 g/mol. The minimum absolute atomic E-state index is 0.659. The van der Waals surface area contributed by atoms with Crippen molar-refractivity contribution in [3.05, 3.63) is 44.6 Å². The zero-order chi connectivity index (χ0) is 10.8. The van der Waals surface area contributed by atoms with E-state index in [2.05, 4.69) is 42.2 Å². The molecule has 2 rings (SSSR count). The molecule has 15 heavy (non-hydrogen) atoms. The summed E-state index contributed by atoms with van der Waals surface area (Å²) in [4.78, 5) is 4.17. The molecule has 0 bridgehead atoms. The molecule has 0 radical (unpaired) electrons. The number of rotatable bonds is 2. The first kappa shape index (κ1) is 10.6. The first-order valence-corrected chi connectivity index (χ1v) is 5.77. The largest absolute Gasteiger partial charge is 0.338 e. The molecule has 1 aromatic heterocycles. The maximum atomic E-state index is 5.07. The molecule has 3 nitrogen and oxygen atoms in total. The van der Waals surface area contributed by atoms with Crippen LogP contribution in [-0.2, 0) is 6.42 Å². The van der Waals surface area contributed by atoms with Gasteiger partial charge in [-0.1, -0.05) is 23.4 Å². The minimum Gasteiger partial charge on any atom is -0.338 e. The molecule has 0 aliphatic heterocycles. The van der Waals surface area contributed by atoms with E-state index >= 15 is 0 Å². The van der Waals surface area contributed by atoms with Crippen LogP contribution in [0.2, 0.25) is 0 Å². The van der Waals surface area contributed by atoms with E-state index in [1.165, 1.54) is 16.7 Å². The Morgan fingerprint density at radius 3 is 2.67 bits per heavy atom. The van der Waals surface area contributed by atoms with Gasteiger partial charge in [-0.15, -0.1) is 0 Å². The van der Waals surface area contributed by atoms with Gasteiger partial charge in [0.1, 0.15) is 0 Å². The van der Waals surface area contributed by atoms with Crippen molar-refractivity contribution in [1.82, 2.24) is 10.1 Å². The predicted molar refractivity (Wildman–Crippen MR) is 65.7 cm³/mol. The lowest BCUT2D eigenvalue weighted by molar-refractivity contribution is 0.381. The minimum atomic E-state index is 0.659. The third kappa shape index (κ3) is 2.56. The second-order valence-corrected chi connectivity index (χ2v) is 4.52. The van der Waals surface area contributed by atoms with Crippen LogP contribution < -0.4 is 0 Å². The maximum absolute atomic E-state index is 5.07. The van der Waals surface area contributed by atoms with Crippen LogP contribution in [0.4, 0.5) is 0 Å². The van der Waals surface area contributed by atoms with Gasteiger partial charge >= 0.3 is 0 Å². The molecule has 78 valence electrons. The molecule has 4 heteroatoms. The molecule has 0 unspecified atom stereocenters. The number of aromatic nitrogens is 2. The summed E-state index contributed by atoms with van der Waals surface area (Å²) in [5, 5.41) is 3.75. The Bertz CT molecular complexity index is 479. The number of halogens is 1. The van der Waals surface area contributed by atoms with Crippen LogP contribution in [0, 0.1) is 17.7 Å². The van der Waals surface area contributed by atoms with E-state index in [1.54, 1.807) is 0 Å². The third-order valence-corrected chi connectivity index (χ3v) is 2.81. The molecular weight excluding hydrogens is 303 g/mol. The van der Waals surface area contributed by atoms with Gasteiger partial charge in [0.15, 0.2) is 0 Å². The van der Waals surface area contributed by atoms with Crippen molar-refractivity contribution in [3.63, 3.8) is 0 Å². The first-order chi connectivity index (χ1) is 7.15. The summed E-state index contributed by atoms with van der Waals surface area (Å²) in [6.07, 6.45) is 0.705. The van der Waals surface area contributed by atoms with E-state index in [4.69, 9.17) is 4.52 Å². The molecule has 0 atom stereocenters. The molecule has 0 saturated heterocycles. The van der Waals surface area contributed by atoms with Gasteiger partial charge in [0.2, 0.25) is 9.72 Å². The standard InChI is InChI=1S/C11H11IN2O/c1-7-3-4-9(5-8(7)2)6-10-13-11(12)14-15-10/h3-5H,6H2,1-2H3. The second-order valence-electron chi connectivity index (χ2n) is 3.55. The average molecular weight is 314 g/mol. The fourth-order valence-corrected chi connectivity index (χ4v) is 1.76. The van der Waals surface area contributed by atoms with Crippen molar-refractivity contribution in [2.45, 2.75) is 20.3 Å². The lowest BCUT2D eigenvalue weighted by Gasteiger charge is -2.02. The lowest BCUT2D eigenvalue weighted by atomic mass is 10.0. The Balaban J connectivity index is 2.21. The summed E-state index contributed by atoms with van der Waals surface area (Å²) in [6, 6.07) is 6.37. The van der Waals surface area contributed by atoms with Gasteiger partial charge < -0.3 is 4.52 Å². The molecule has 0 saturated carbocycles. The predicted octanol–water partition coefficient (Wildman–Crippen LogP) is 2.88. The van der Waals surface area contributed by atoms with Crippen LogP contribution in [0.3, 0.4) is 0 Å². The van der Waals surface area contributed by atoms with Gasteiger partial charge in [-0.05, 0) is 30.5 Å². The number of benzene rings is 1. The van der Waals surface area contributed by atoms with Crippen LogP contribution in [-0.4, -0.2) is 10.1 Å². The highest BCUT2D eigenvalue weighted by Gasteiger charge is 2.05. The molecule has 0 aliphatic rings. The lowest BCUT2D eigenvalue weighted by Crippen LogP contribution is -1.90. The third-order valence-electron chi connectivity index (χ3n) is 2.37. The first-order valence-electron chi connectivity index (χ1n) is 4.69. The fourth-order valence-electron chi connectivity index (χ4n) is 1.39. The van der Waals surface area contributed by atoms with Gasteiger partial charge in [-0.3, -0.25) is 0 Å². The van der Waals surface area contributed by atoms with Gasteiger partial charge in [-0.25, -0.2) is 0 Å². The van der Waals surface area contributed by atoms with Gasteiger partial charge in [0, 0.05) is 22.6 Å². The zero-order valence-corrected chi connectivity index (χ0v) is 10.8. The maximum Gasteiger partial charge on any atom is 0.232 e. The number of aryl methyl sites for hydroxylation is 2. The summed E-state index contributed by atoms with van der Waals surface area (Å²) in [7, 11) is 0.